The second kappa shape index (κ2) is 5.22. The number of nitrogens with two attached hydrogens (primary N) is 1. The number of nitrogen functional groups attached to an aromatic ring is 1. The van der Waals surface area contributed by atoms with E-state index in [9.17, 15) is 13.2 Å². The van der Waals surface area contributed by atoms with Crippen LogP contribution in [-0.2, 0) is 11.3 Å². The number of halogens is 4. The molecular formula is C10H10ClF3N4O. The lowest BCUT2D eigenvalue weighted by Crippen LogP contribution is -2.19. The highest BCUT2D eigenvalue weighted by molar-refractivity contribution is 6.31. The van der Waals surface area contributed by atoms with Crippen LogP contribution < -0.4 is 5.73 Å². The Morgan fingerprint density at radius 1 is 1.42 bits per heavy atom. The molecule has 2 rings (SSSR count). The molecule has 0 spiro atoms. The maximum Gasteiger partial charge on any atom is 0.411 e. The fourth-order valence-electron chi connectivity index (χ4n) is 1.57. The number of pyridine rings is 1. The summed E-state index contributed by atoms with van der Waals surface area (Å²) in [6.07, 6.45) is -2.92. The predicted octanol–water partition coefficient (Wildman–Crippen LogP) is 2.25. The normalized spacial score (nSPS) is 12.2. The topological polar surface area (TPSA) is 66.0 Å². The van der Waals surface area contributed by atoms with Crippen molar-refractivity contribution in [1.82, 2.24) is 14.5 Å². The fraction of sp³-hybridized carbons (Fsp3) is 0.400. The van der Waals surface area contributed by atoms with Gasteiger partial charge in [0.2, 0.25) is 5.95 Å². The lowest BCUT2D eigenvalue weighted by atomic mass is 10.4. The summed E-state index contributed by atoms with van der Waals surface area (Å²) in [4.78, 5) is 8.06. The summed E-state index contributed by atoms with van der Waals surface area (Å²) in [5.41, 5.74) is 6.61. The van der Waals surface area contributed by atoms with Gasteiger partial charge in [0.1, 0.15) is 12.1 Å². The van der Waals surface area contributed by atoms with E-state index in [2.05, 4.69) is 14.7 Å². The molecule has 0 aliphatic heterocycles. The first-order valence-corrected chi connectivity index (χ1v) is 5.66. The van der Waals surface area contributed by atoms with Crippen LogP contribution in [0.5, 0.6) is 0 Å². The number of fused-ring (bicyclic) bond motifs is 1. The first-order chi connectivity index (χ1) is 8.87. The maximum absolute atomic E-state index is 11.9. The molecule has 5 nitrogen and oxygen atoms in total. The van der Waals surface area contributed by atoms with Gasteiger partial charge in [-0.25, -0.2) is 9.97 Å². The number of hydrogen-bond donors (Lipinski definition) is 1. The second-order valence-electron chi connectivity index (χ2n) is 3.79. The van der Waals surface area contributed by atoms with Crippen molar-refractivity contribution in [2.75, 3.05) is 18.9 Å². The molecule has 2 N–H and O–H groups in total. The molecule has 0 unspecified atom stereocenters. The lowest BCUT2D eigenvalue weighted by Gasteiger charge is -2.09. The SMILES string of the molecule is Nc1nc2cc(Cl)cnc2n1CCOCC(F)(F)F. The van der Waals surface area contributed by atoms with Gasteiger partial charge in [-0.2, -0.15) is 13.2 Å². The summed E-state index contributed by atoms with van der Waals surface area (Å²) < 4.78 is 41.7. The highest BCUT2D eigenvalue weighted by atomic mass is 35.5. The number of imidazole rings is 1. The number of hydrogen-bond acceptors (Lipinski definition) is 4. The zero-order valence-electron chi connectivity index (χ0n) is 9.62. The van der Waals surface area contributed by atoms with Gasteiger partial charge in [0.25, 0.3) is 0 Å². The third kappa shape index (κ3) is 3.48. The summed E-state index contributed by atoms with van der Waals surface area (Å²) >= 11 is 5.75. The third-order valence-corrected chi connectivity index (χ3v) is 2.51. The number of anilines is 1. The molecule has 2 aromatic heterocycles. The summed E-state index contributed by atoms with van der Waals surface area (Å²) in [7, 11) is 0. The standard InChI is InChI=1S/C10H10ClF3N4O/c11-6-3-7-8(16-4-6)18(9(15)17-7)1-2-19-5-10(12,13)14/h3-4H,1-2,5H2,(H2,15,17). The molecular weight excluding hydrogens is 285 g/mol. The van der Waals surface area contributed by atoms with Gasteiger partial charge in [-0.05, 0) is 6.07 Å². The van der Waals surface area contributed by atoms with Crippen LogP contribution in [0.2, 0.25) is 5.02 Å². The summed E-state index contributed by atoms with van der Waals surface area (Å²) in [6.45, 7) is -1.30. The Kier molecular flexibility index (Phi) is 3.81. The Balaban J connectivity index is 2.06. The smallest absolute Gasteiger partial charge is 0.370 e. The van der Waals surface area contributed by atoms with E-state index >= 15 is 0 Å². The molecule has 0 saturated heterocycles. The van der Waals surface area contributed by atoms with Gasteiger partial charge in [0.05, 0.1) is 18.2 Å². The number of nitrogens with zero attached hydrogens (tertiary/aromatic N) is 3. The monoisotopic (exact) mass is 294 g/mol. The quantitative estimate of drug-likeness (QED) is 0.878. The molecule has 104 valence electrons. The molecule has 0 aromatic carbocycles. The van der Waals surface area contributed by atoms with Crippen LogP contribution in [0, 0.1) is 0 Å². The fourth-order valence-corrected chi connectivity index (χ4v) is 1.72. The third-order valence-electron chi connectivity index (χ3n) is 2.31. The molecule has 0 bridgehead atoms. The molecule has 0 atom stereocenters. The van der Waals surface area contributed by atoms with E-state index in [4.69, 9.17) is 17.3 Å². The molecule has 0 radical (unpaired) electrons. The van der Waals surface area contributed by atoms with Crippen LogP contribution in [0.4, 0.5) is 19.1 Å². The molecule has 2 heterocycles. The Labute approximate surface area is 111 Å². The van der Waals surface area contributed by atoms with Crippen LogP contribution in [0.1, 0.15) is 0 Å². The minimum Gasteiger partial charge on any atom is -0.370 e. The van der Waals surface area contributed by atoms with Crippen molar-refractivity contribution in [2.24, 2.45) is 0 Å². The first-order valence-electron chi connectivity index (χ1n) is 5.28. The van der Waals surface area contributed by atoms with E-state index in [-0.39, 0.29) is 19.1 Å². The molecule has 0 aliphatic carbocycles. The van der Waals surface area contributed by atoms with Crippen LogP contribution in [-0.4, -0.2) is 33.9 Å². The van der Waals surface area contributed by atoms with E-state index in [0.29, 0.717) is 16.2 Å². The van der Waals surface area contributed by atoms with E-state index in [1.165, 1.54) is 10.8 Å². The summed E-state index contributed by atoms with van der Waals surface area (Å²) in [6, 6.07) is 1.58. The first kappa shape index (κ1) is 13.9. The molecule has 19 heavy (non-hydrogen) atoms. The van der Waals surface area contributed by atoms with Gasteiger partial charge in [-0.15, -0.1) is 0 Å². The lowest BCUT2D eigenvalue weighted by molar-refractivity contribution is -0.174. The molecule has 0 fully saturated rings. The second-order valence-corrected chi connectivity index (χ2v) is 4.22. The van der Waals surface area contributed by atoms with Crippen molar-refractivity contribution in [1.29, 1.82) is 0 Å². The number of rotatable bonds is 4. The van der Waals surface area contributed by atoms with Crippen LogP contribution in [0.3, 0.4) is 0 Å². The summed E-state index contributed by atoms with van der Waals surface area (Å²) in [5.74, 6) is 0.153. The number of alkyl halides is 3. The van der Waals surface area contributed by atoms with Gasteiger partial charge in [0, 0.05) is 6.20 Å². The van der Waals surface area contributed by atoms with E-state index in [1.807, 2.05) is 0 Å². The predicted molar refractivity (Wildman–Crippen MR) is 63.8 cm³/mol. The van der Waals surface area contributed by atoms with E-state index < -0.39 is 12.8 Å². The highest BCUT2D eigenvalue weighted by Crippen LogP contribution is 2.19. The van der Waals surface area contributed by atoms with Crippen molar-refractivity contribution in [3.05, 3.63) is 17.3 Å². The highest BCUT2D eigenvalue weighted by Gasteiger charge is 2.27. The van der Waals surface area contributed by atoms with Gasteiger partial charge in [-0.3, -0.25) is 4.57 Å². The Bertz CT molecular complexity index is 584. The van der Waals surface area contributed by atoms with Gasteiger partial charge in [-0.1, -0.05) is 11.6 Å². The van der Waals surface area contributed by atoms with Crippen LogP contribution >= 0.6 is 11.6 Å². The van der Waals surface area contributed by atoms with Crippen molar-refractivity contribution >= 4 is 28.7 Å². The van der Waals surface area contributed by atoms with Crippen LogP contribution in [0.15, 0.2) is 12.3 Å². The number of ether oxygens (including phenoxy) is 1. The van der Waals surface area contributed by atoms with Crippen molar-refractivity contribution < 1.29 is 17.9 Å². The Morgan fingerprint density at radius 3 is 2.84 bits per heavy atom. The Morgan fingerprint density at radius 2 is 2.16 bits per heavy atom. The molecule has 9 heteroatoms. The zero-order valence-corrected chi connectivity index (χ0v) is 10.4. The minimum atomic E-state index is -4.34. The number of aromatic nitrogens is 3. The van der Waals surface area contributed by atoms with Gasteiger partial charge < -0.3 is 10.5 Å². The van der Waals surface area contributed by atoms with E-state index in [1.54, 1.807) is 6.07 Å². The minimum absolute atomic E-state index is 0.132. The zero-order chi connectivity index (χ0) is 14.0. The molecule has 0 aliphatic rings. The average Bonchev–Trinajstić information content (AvgIpc) is 2.58. The molecule has 0 saturated carbocycles. The maximum atomic E-state index is 11.9. The van der Waals surface area contributed by atoms with Crippen molar-refractivity contribution in [2.45, 2.75) is 12.7 Å². The molecule has 2 aromatic rings. The molecule has 0 amide bonds. The van der Waals surface area contributed by atoms with Crippen LogP contribution in [0.25, 0.3) is 11.2 Å². The average molecular weight is 295 g/mol. The van der Waals surface area contributed by atoms with Crippen molar-refractivity contribution in [3.8, 4) is 0 Å². The van der Waals surface area contributed by atoms with Gasteiger partial charge >= 0.3 is 6.18 Å². The Hall–Kier alpha value is -1.54. The van der Waals surface area contributed by atoms with Crippen molar-refractivity contribution in [3.63, 3.8) is 0 Å². The van der Waals surface area contributed by atoms with E-state index in [0.717, 1.165) is 0 Å². The largest absolute Gasteiger partial charge is 0.411 e. The van der Waals surface area contributed by atoms with Gasteiger partial charge in [0.15, 0.2) is 5.65 Å². The summed E-state index contributed by atoms with van der Waals surface area (Å²) in [5, 5.41) is 0.408.